The van der Waals surface area contributed by atoms with Gasteiger partial charge in [0.2, 0.25) is 0 Å². The first-order chi connectivity index (χ1) is 20.2. The molecule has 8 nitrogen and oxygen atoms in total. The number of amides is 2. The quantitative estimate of drug-likeness (QED) is 0.209. The minimum absolute atomic E-state index is 0.0212. The highest BCUT2D eigenvalue weighted by molar-refractivity contribution is 5.91. The van der Waals surface area contributed by atoms with E-state index in [0.717, 1.165) is 18.4 Å². The third-order valence-electron chi connectivity index (χ3n) is 6.94. The molecule has 2 atom stereocenters. The molecular weight excluding hydrogens is 586 g/mol. The summed E-state index contributed by atoms with van der Waals surface area (Å²) in [5.41, 5.74) is -2.82. The van der Waals surface area contributed by atoms with Crippen LogP contribution in [0, 0.1) is 0 Å². The standard InChI is InChI=1S/C29H34F6N2O6/c1-6-8-9-43-25-14-21-22(10-17(3)37(27(39)42-7-2)23(21)15-24(25)40-4)36(26(38)41-5)16-18-11-19(28(30,31)32)13-20(12-18)29(33,34)35/h11-15,17,22H,6-10,16H2,1-5H3/t17-,22+/m1/s1. The van der Waals surface area contributed by atoms with Gasteiger partial charge in [0.15, 0.2) is 11.5 Å². The second-order valence-electron chi connectivity index (χ2n) is 9.95. The van der Waals surface area contributed by atoms with Crippen LogP contribution in [-0.2, 0) is 28.4 Å². The molecule has 0 aliphatic carbocycles. The number of unbranched alkanes of at least 4 members (excludes halogenated alkanes) is 1. The van der Waals surface area contributed by atoms with Crippen LogP contribution in [0.4, 0.5) is 41.6 Å². The Balaban J connectivity index is 2.21. The highest BCUT2D eigenvalue weighted by Gasteiger charge is 2.41. The van der Waals surface area contributed by atoms with E-state index in [1.807, 2.05) is 6.92 Å². The monoisotopic (exact) mass is 620 g/mol. The summed E-state index contributed by atoms with van der Waals surface area (Å²) < 4.78 is 103. The molecule has 1 aliphatic heterocycles. The molecule has 0 saturated carbocycles. The Labute approximate surface area is 245 Å². The number of halogens is 6. The van der Waals surface area contributed by atoms with Crippen molar-refractivity contribution in [1.82, 2.24) is 4.90 Å². The summed E-state index contributed by atoms with van der Waals surface area (Å²) in [6.07, 6.45) is -10.2. The maximum atomic E-state index is 13.6. The fraction of sp³-hybridized carbons (Fsp3) is 0.517. The minimum Gasteiger partial charge on any atom is -0.493 e. The van der Waals surface area contributed by atoms with Crippen LogP contribution in [0.15, 0.2) is 30.3 Å². The van der Waals surface area contributed by atoms with Crippen molar-refractivity contribution >= 4 is 17.9 Å². The van der Waals surface area contributed by atoms with Crippen molar-refractivity contribution in [2.45, 2.75) is 71.0 Å². The van der Waals surface area contributed by atoms with Crippen molar-refractivity contribution in [2.24, 2.45) is 0 Å². The van der Waals surface area contributed by atoms with E-state index < -0.39 is 59.9 Å². The van der Waals surface area contributed by atoms with Crippen molar-refractivity contribution in [3.63, 3.8) is 0 Å². The maximum absolute atomic E-state index is 13.6. The van der Waals surface area contributed by atoms with Crippen molar-refractivity contribution < 1.29 is 54.9 Å². The van der Waals surface area contributed by atoms with E-state index in [2.05, 4.69) is 0 Å². The smallest absolute Gasteiger partial charge is 0.416 e. The third-order valence-corrected chi connectivity index (χ3v) is 6.94. The van der Waals surface area contributed by atoms with E-state index in [4.69, 9.17) is 18.9 Å². The lowest BCUT2D eigenvalue weighted by atomic mass is 9.90. The predicted molar refractivity (Wildman–Crippen MR) is 144 cm³/mol. The molecule has 2 aromatic rings. The van der Waals surface area contributed by atoms with Crippen LogP contribution < -0.4 is 14.4 Å². The fourth-order valence-electron chi connectivity index (χ4n) is 4.93. The normalized spacial score (nSPS) is 16.8. The number of nitrogens with zero attached hydrogens (tertiary/aromatic N) is 2. The fourth-order valence-corrected chi connectivity index (χ4v) is 4.93. The molecule has 0 fully saturated rings. The summed E-state index contributed by atoms with van der Waals surface area (Å²) in [4.78, 5) is 28.5. The summed E-state index contributed by atoms with van der Waals surface area (Å²) in [5.74, 6) is 0.552. The molecule has 0 saturated heterocycles. The molecule has 0 aromatic heterocycles. The third kappa shape index (κ3) is 7.77. The Hall–Kier alpha value is -3.84. The molecule has 1 heterocycles. The van der Waals surface area contributed by atoms with Gasteiger partial charge in [-0.2, -0.15) is 26.3 Å². The van der Waals surface area contributed by atoms with Crippen molar-refractivity contribution in [3.8, 4) is 11.5 Å². The number of hydrogen-bond acceptors (Lipinski definition) is 6. The van der Waals surface area contributed by atoms with Gasteiger partial charge in [-0.25, -0.2) is 9.59 Å². The molecule has 43 heavy (non-hydrogen) atoms. The van der Waals surface area contributed by atoms with E-state index in [9.17, 15) is 35.9 Å². The topological polar surface area (TPSA) is 77.5 Å². The first-order valence-corrected chi connectivity index (χ1v) is 13.6. The van der Waals surface area contributed by atoms with E-state index in [-0.39, 0.29) is 36.3 Å². The van der Waals surface area contributed by atoms with Gasteiger partial charge in [0.25, 0.3) is 0 Å². The van der Waals surface area contributed by atoms with Crippen LogP contribution in [0.2, 0.25) is 0 Å². The van der Waals surface area contributed by atoms with E-state index in [1.54, 1.807) is 19.9 Å². The summed E-state index contributed by atoms with van der Waals surface area (Å²) in [6.45, 7) is 5.00. The van der Waals surface area contributed by atoms with E-state index in [1.165, 1.54) is 18.1 Å². The summed E-state index contributed by atoms with van der Waals surface area (Å²) in [5, 5.41) is 0. The Morgan fingerprint density at radius 1 is 0.953 bits per heavy atom. The van der Waals surface area contributed by atoms with Gasteiger partial charge < -0.3 is 18.9 Å². The van der Waals surface area contributed by atoms with Gasteiger partial charge in [0.1, 0.15) is 0 Å². The number of hydrogen-bond donors (Lipinski definition) is 0. The molecule has 0 N–H and O–H groups in total. The number of carbonyl (C=O) groups is 2. The Kier molecular flexibility index (Phi) is 10.7. The molecule has 3 rings (SSSR count). The number of methoxy groups -OCH3 is 2. The van der Waals surface area contributed by atoms with Crippen LogP contribution in [0.25, 0.3) is 0 Å². The summed E-state index contributed by atoms with van der Waals surface area (Å²) >= 11 is 0. The molecule has 1 aliphatic rings. The molecule has 2 aromatic carbocycles. The van der Waals surface area contributed by atoms with Crippen LogP contribution >= 0.6 is 0 Å². The average molecular weight is 621 g/mol. The molecule has 0 bridgehead atoms. The predicted octanol–water partition coefficient (Wildman–Crippen LogP) is 7.98. The highest BCUT2D eigenvalue weighted by Crippen LogP contribution is 2.47. The number of ether oxygens (including phenoxy) is 4. The largest absolute Gasteiger partial charge is 0.493 e. The first kappa shape index (κ1) is 33.7. The molecule has 0 unspecified atom stereocenters. The lowest BCUT2D eigenvalue weighted by Gasteiger charge is -2.42. The molecule has 0 radical (unpaired) electrons. The maximum Gasteiger partial charge on any atom is 0.416 e. The van der Waals surface area contributed by atoms with Crippen molar-refractivity contribution in [3.05, 3.63) is 52.6 Å². The van der Waals surface area contributed by atoms with Crippen molar-refractivity contribution in [1.29, 1.82) is 0 Å². The second kappa shape index (κ2) is 13.6. The lowest BCUT2D eigenvalue weighted by molar-refractivity contribution is -0.143. The molecule has 14 heteroatoms. The van der Waals surface area contributed by atoms with Crippen LogP contribution in [-0.4, -0.2) is 50.6 Å². The molecular formula is C29H34F6N2O6. The minimum atomic E-state index is -5.07. The van der Waals surface area contributed by atoms with Crippen LogP contribution in [0.1, 0.15) is 68.3 Å². The lowest BCUT2D eigenvalue weighted by Crippen LogP contribution is -2.47. The Morgan fingerprint density at radius 2 is 1.58 bits per heavy atom. The van der Waals surface area contributed by atoms with E-state index >= 15 is 0 Å². The second-order valence-corrected chi connectivity index (χ2v) is 9.95. The summed E-state index contributed by atoms with van der Waals surface area (Å²) in [7, 11) is 2.45. The zero-order valence-corrected chi connectivity index (χ0v) is 24.4. The number of fused-ring (bicyclic) bond motifs is 1. The van der Waals surface area contributed by atoms with Gasteiger partial charge in [0, 0.05) is 24.2 Å². The van der Waals surface area contributed by atoms with Crippen LogP contribution in [0.3, 0.4) is 0 Å². The first-order valence-electron chi connectivity index (χ1n) is 13.6. The zero-order valence-electron chi connectivity index (χ0n) is 24.4. The highest BCUT2D eigenvalue weighted by atomic mass is 19.4. The Bertz CT molecular complexity index is 1270. The van der Waals surface area contributed by atoms with Crippen molar-refractivity contribution in [2.75, 3.05) is 32.3 Å². The molecule has 238 valence electrons. The van der Waals surface area contributed by atoms with Gasteiger partial charge in [-0.1, -0.05) is 13.3 Å². The SMILES string of the molecule is CCCCOc1cc2c(cc1OC)N(C(=O)OCC)[C@H](C)C[C@@H]2N(Cc1cc(C(F)(F)F)cc(C(F)(F)F)c1)C(=O)OC. The average Bonchev–Trinajstić information content (AvgIpc) is 2.94. The van der Waals surface area contributed by atoms with Gasteiger partial charge >= 0.3 is 24.5 Å². The number of carbonyl (C=O) groups excluding carboxylic acids is 2. The van der Waals surface area contributed by atoms with Gasteiger partial charge in [0.05, 0.1) is 50.3 Å². The zero-order chi connectivity index (χ0) is 32.1. The van der Waals surface area contributed by atoms with Gasteiger partial charge in [-0.15, -0.1) is 0 Å². The summed E-state index contributed by atoms with van der Waals surface area (Å²) in [6, 6.07) is 2.66. The van der Waals surface area contributed by atoms with Gasteiger partial charge in [-0.05, 0) is 56.5 Å². The van der Waals surface area contributed by atoms with Crippen LogP contribution in [0.5, 0.6) is 11.5 Å². The van der Waals surface area contributed by atoms with Gasteiger partial charge in [-0.3, -0.25) is 9.80 Å². The Morgan fingerprint density at radius 3 is 2.09 bits per heavy atom. The number of benzene rings is 2. The van der Waals surface area contributed by atoms with E-state index in [0.29, 0.717) is 30.7 Å². The number of alkyl halides is 6. The molecule has 0 spiro atoms. The number of anilines is 1. The molecule has 2 amide bonds. The number of rotatable bonds is 9.